The molecule has 1 saturated heterocycles. The zero-order valence-electron chi connectivity index (χ0n) is 30.8. The highest BCUT2D eigenvalue weighted by atomic mass is 28.4. The number of aliphatic hydroxyl groups excluding tert-OH is 1. The number of carbonyl (C=O) groups excluding carboxylic acids is 1. The van der Waals surface area contributed by atoms with E-state index < -0.39 is 26.6 Å². The van der Waals surface area contributed by atoms with Gasteiger partial charge < -0.3 is 23.7 Å². The summed E-state index contributed by atoms with van der Waals surface area (Å²) in [6.07, 6.45) is 0.756. The molecule has 4 aromatic carbocycles. The van der Waals surface area contributed by atoms with Crippen molar-refractivity contribution in [2.75, 3.05) is 13.2 Å². The molecule has 1 aliphatic heterocycles. The molecule has 0 bridgehead atoms. The topological polar surface area (TPSA) is 74.2 Å². The molecular weight excluding hydrogens is 653 g/mol. The van der Waals surface area contributed by atoms with Crippen LogP contribution in [0.15, 0.2) is 121 Å². The lowest BCUT2D eigenvalue weighted by molar-refractivity contribution is -0.148. The fraction of sp³-hybridized carbons (Fsp3) is 0.432. The van der Waals surface area contributed by atoms with Crippen LogP contribution in [0.5, 0.6) is 0 Å². The van der Waals surface area contributed by atoms with Gasteiger partial charge in [-0.05, 0) is 58.1 Å². The van der Waals surface area contributed by atoms with E-state index in [0.29, 0.717) is 58.5 Å². The summed E-state index contributed by atoms with van der Waals surface area (Å²) in [5, 5.41) is 13.7. The summed E-state index contributed by atoms with van der Waals surface area (Å²) in [5.74, 6) is -0.0811. The second-order valence-corrected chi connectivity index (χ2v) is 19.2. The lowest BCUT2D eigenvalue weighted by Crippen LogP contribution is -2.66. The Hall–Kier alpha value is -3.43. The maximum Gasteiger partial charge on any atom is 0.261 e. The summed E-state index contributed by atoms with van der Waals surface area (Å²) in [6, 6.07) is 41.4. The number of aliphatic hydroxyl groups is 1. The van der Waals surface area contributed by atoms with Crippen LogP contribution in [0.4, 0.5) is 0 Å². The van der Waals surface area contributed by atoms with Crippen LogP contribution in [0.25, 0.3) is 0 Å². The first-order chi connectivity index (χ1) is 24.7. The van der Waals surface area contributed by atoms with Crippen LogP contribution in [0, 0.1) is 5.92 Å². The summed E-state index contributed by atoms with van der Waals surface area (Å²) in [7, 11) is -2.64. The van der Waals surface area contributed by atoms with E-state index in [1.807, 2.05) is 67.6 Å². The predicted octanol–water partition coefficient (Wildman–Crippen LogP) is 7.65. The van der Waals surface area contributed by atoms with Gasteiger partial charge in [0, 0.05) is 13.0 Å². The Kier molecular flexibility index (Phi) is 14.4. The van der Waals surface area contributed by atoms with Gasteiger partial charge in [-0.2, -0.15) is 0 Å². The highest BCUT2D eigenvalue weighted by molar-refractivity contribution is 6.99. The van der Waals surface area contributed by atoms with Gasteiger partial charge in [-0.15, -0.1) is 0 Å². The van der Waals surface area contributed by atoms with Crippen LogP contribution < -0.4 is 10.4 Å². The molecule has 7 heteroatoms. The first-order valence-corrected chi connectivity index (χ1v) is 20.5. The first-order valence-electron chi connectivity index (χ1n) is 18.6. The Bertz CT molecular complexity index is 1540. The average Bonchev–Trinajstić information content (AvgIpc) is 3.29. The number of hydrogen-bond donors (Lipinski definition) is 1. The van der Waals surface area contributed by atoms with Crippen LogP contribution >= 0.6 is 0 Å². The Morgan fingerprint density at radius 3 is 1.88 bits per heavy atom. The lowest BCUT2D eigenvalue weighted by Gasteiger charge is -2.43. The third-order valence-electron chi connectivity index (χ3n) is 10.1. The molecular formula is C44H56O6Si. The van der Waals surface area contributed by atoms with E-state index in [-0.39, 0.29) is 22.8 Å². The Balaban J connectivity index is 1.20. The van der Waals surface area contributed by atoms with Crippen LogP contribution in [-0.2, 0) is 36.6 Å². The fourth-order valence-electron chi connectivity index (χ4n) is 7.23. The Labute approximate surface area is 306 Å². The van der Waals surface area contributed by atoms with Gasteiger partial charge in [0.15, 0.2) is 5.78 Å². The van der Waals surface area contributed by atoms with Crippen molar-refractivity contribution >= 4 is 24.5 Å². The number of ether oxygens (including phenoxy) is 3. The van der Waals surface area contributed by atoms with Crippen molar-refractivity contribution in [1.82, 2.24) is 0 Å². The highest BCUT2D eigenvalue weighted by Crippen LogP contribution is 2.37. The van der Waals surface area contributed by atoms with E-state index in [1.165, 1.54) is 10.4 Å². The molecule has 1 aliphatic rings. The first kappa shape index (κ1) is 38.8. The summed E-state index contributed by atoms with van der Waals surface area (Å²) in [6.45, 7) is 10.6. The molecule has 4 aromatic rings. The van der Waals surface area contributed by atoms with Gasteiger partial charge in [-0.25, -0.2) is 0 Å². The summed E-state index contributed by atoms with van der Waals surface area (Å²) in [4.78, 5) is 13.4. The van der Waals surface area contributed by atoms with Gasteiger partial charge in [0.1, 0.15) is 12.2 Å². The van der Waals surface area contributed by atoms with Gasteiger partial charge in [-0.1, -0.05) is 149 Å². The largest absolute Gasteiger partial charge is 0.407 e. The SMILES string of the molecule is C[C@@H](C[C@@H]1O[C@H](COCc2ccccc2)[C@@H](OCc2ccccc2)CCC1=O)[C@@H](O)CCCO[Si](c1ccccc1)(c1ccccc1)C(C)(C)C. The van der Waals surface area contributed by atoms with E-state index in [9.17, 15) is 9.90 Å². The van der Waals surface area contributed by atoms with E-state index in [2.05, 4.69) is 81.4 Å². The minimum absolute atomic E-state index is 0.0583. The van der Waals surface area contributed by atoms with Crippen molar-refractivity contribution in [3.8, 4) is 0 Å². The second-order valence-electron chi connectivity index (χ2n) is 14.9. The Morgan fingerprint density at radius 1 is 0.804 bits per heavy atom. The quantitative estimate of drug-likeness (QED) is 0.0898. The maximum atomic E-state index is 13.4. The summed E-state index contributed by atoms with van der Waals surface area (Å²) < 4.78 is 26.1. The van der Waals surface area contributed by atoms with Crippen molar-refractivity contribution in [2.45, 2.75) is 102 Å². The van der Waals surface area contributed by atoms with Gasteiger partial charge in [0.05, 0.1) is 32.0 Å². The molecule has 0 aromatic heterocycles. The molecule has 51 heavy (non-hydrogen) atoms. The number of ketones is 1. The van der Waals surface area contributed by atoms with Crippen molar-refractivity contribution in [3.63, 3.8) is 0 Å². The molecule has 5 atom stereocenters. The molecule has 0 unspecified atom stereocenters. The van der Waals surface area contributed by atoms with Crippen LogP contribution in [-0.4, -0.2) is 56.8 Å². The molecule has 1 N–H and O–H groups in total. The third kappa shape index (κ3) is 10.6. The van der Waals surface area contributed by atoms with E-state index in [1.54, 1.807) is 0 Å². The van der Waals surface area contributed by atoms with Gasteiger partial charge >= 0.3 is 0 Å². The zero-order chi connectivity index (χ0) is 36.1. The second kappa shape index (κ2) is 18.9. The summed E-state index contributed by atoms with van der Waals surface area (Å²) in [5.41, 5.74) is 2.15. The zero-order valence-corrected chi connectivity index (χ0v) is 31.8. The number of hydrogen-bond acceptors (Lipinski definition) is 6. The van der Waals surface area contributed by atoms with Crippen LogP contribution in [0.1, 0.15) is 70.9 Å². The Morgan fingerprint density at radius 2 is 1.33 bits per heavy atom. The summed E-state index contributed by atoms with van der Waals surface area (Å²) >= 11 is 0. The third-order valence-corrected chi connectivity index (χ3v) is 15.2. The van der Waals surface area contributed by atoms with Gasteiger partial charge in [-0.3, -0.25) is 4.79 Å². The number of rotatable bonds is 17. The molecule has 0 spiro atoms. The lowest BCUT2D eigenvalue weighted by atomic mass is 9.92. The van der Waals surface area contributed by atoms with Gasteiger partial charge in [0.2, 0.25) is 0 Å². The average molecular weight is 709 g/mol. The van der Waals surface area contributed by atoms with E-state index in [4.69, 9.17) is 18.6 Å². The molecule has 0 amide bonds. The highest BCUT2D eigenvalue weighted by Gasteiger charge is 2.50. The van der Waals surface area contributed by atoms with Crippen molar-refractivity contribution in [1.29, 1.82) is 0 Å². The van der Waals surface area contributed by atoms with E-state index in [0.717, 1.165) is 11.1 Å². The number of benzene rings is 4. The molecule has 5 rings (SSSR count). The fourth-order valence-corrected chi connectivity index (χ4v) is 11.8. The van der Waals surface area contributed by atoms with Crippen LogP contribution in [0.3, 0.4) is 0 Å². The van der Waals surface area contributed by atoms with Crippen molar-refractivity contribution in [2.24, 2.45) is 5.92 Å². The molecule has 1 heterocycles. The molecule has 0 radical (unpaired) electrons. The molecule has 6 nitrogen and oxygen atoms in total. The predicted molar refractivity (Wildman–Crippen MR) is 207 cm³/mol. The van der Waals surface area contributed by atoms with Gasteiger partial charge in [0.25, 0.3) is 8.32 Å². The molecule has 0 saturated carbocycles. The number of carbonyl (C=O) groups is 1. The van der Waals surface area contributed by atoms with Crippen molar-refractivity contribution in [3.05, 3.63) is 132 Å². The minimum atomic E-state index is -2.64. The monoisotopic (exact) mass is 708 g/mol. The standard InChI is InChI=1S/C44H56O6Si/c1-34(39(45)26-17-29-49-51(44(2,3)4,37-22-13-7-14-23-37)38-24-15-8-16-25-38)30-42-40(46)27-28-41(48-32-36-20-11-6-12-21-36)43(50-42)33-47-31-35-18-9-5-10-19-35/h5-16,18-25,34,39,41-43,45H,17,26-33H2,1-4H3/t34-,39-,41-,42-,43+/m0/s1. The van der Waals surface area contributed by atoms with Crippen LogP contribution in [0.2, 0.25) is 5.04 Å². The van der Waals surface area contributed by atoms with Crippen molar-refractivity contribution < 1.29 is 28.5 Å². The molecule has 272 valence electrons. The van der Waals surface area contributed by atoms with E-state index >= 15 is 0 Å². The minimum Gasteiger partial charge on any atom is -0.407 e. The normalized spacial score (nSPS) is 19.7. The maximum absolute atomic E-state index is 13.4. The molecule has 0 aliphatic carbocycles. The molecule has 1 fully saturated rings. The smallest absolute Gasteiger partial charge is 0.261 e. The number of Topliss-reactive ketones (excluding diaryl/α,β-unsaturated/α-hetero) is 1.